The minimum absolute atomic E-state index is 0.00181. The molecule has 0 unspecified atom stereocenters. The van der Waals surface area contributed by atoms with Gasteiger partial charge in [-0.25, -0.2) is 0 Å². The van der Waals surface area contributed by atoms with Gasteiger partial charge in [-0.05, 0) is 29.3 Å². The van der Waals surface area contributed by atoms with Crippen molar-refractivity contribution in [1.82, 2.24) is 4.40 Å². The second-order valence-corrected chi connectivity index (χ2v) is 3.94. The van der Waals surface area contributed by atoms with Crippen LogP contribution < -0.4 is 5.56 Å². The number of aromatic nitrogens is 1. The molecule has 0 aliphatic rings. The van der Waals surface area contributed by atoms with Crippen LogP contribution in [0.3, 0.4) is 0 Å². The number of rotatable bonds is 1. The second kappa shape index (κ2) is 3.91. The first-order chi connectivity index (χ1) is 8.34. The van der Waals surface area contributed by atoms with Gasteiger partial charge >= 0.3 is 0 Å². The molecule has 0 atom stereocenters. The SMILES string of the molecule is O=c1cc(-c2ccccc2)cc2ccccn12. The molecule has 0 fully saturated rings. The van der Waals surface area contributed by atoms with Crippen LogP contribution in [-0.2, 0) is 0 Å². The lowest BCUT2D eigenvalue weighted by Gasteiger charge is -2.04. The highest BCUT2D eigenvalue weighted by atomic mass is 16.1. The minimum atomic E-state index is 0.00181. The van der Waals surface area contributed by atoms with Crippen molar-refractivity contribution in [1.29, 1.82) is 0 Å². The monoisotopic (exact) mass is 221 g/mol. The van der Waals surface area contributed by atoms with Gasteiger partial charge in [0.15, 0.2) is 0 Å². The molecule has 17 heavy (non-hydrogen) atoms. The topological polar surface area (TPSA) is 21.5 Å². The van der Waals surface area contributed by atoms with Gasteiger partial charge in [-0.2, -0.15) is 0 Å². The van der Waals surface area contributed by atoms with Crippen molar-refractivity contribution in [2.24, 2.45) is 0 Å². The standard InChI is InChI=1S/C15H11NO/c17-15-11-13(12-6-2-1-3-7-12)10-14-8-4-5-9-16(14)15/h1-11H. The molecule has 0 saturated heterocycles. The molecule has 2 nitrogen and oxygen atoms in total. The Balaban J connectivity index is 2.30. The zero-order chi connectivity index (χ0) is 11.7. The Morgan fingerprint density at radius 2 is 1.53 bits per heavy atom. The van der Waals surface area contributed by atoms with E-state index in [2.05, 4.69) is 0 Å². The molecule has 0 aliphatic heterocycles. The maximum absolute atomic E-state index is 11.9. The first-order valence-electron chi connectivity index (χ1n) is 5.51. The summed E-state index contributed by atoms with van der Waals surface area (Å²) in [6.45, 7) is 0. The van der Waals surface area contributed by atoms with Gasteiger partial charge in [0.2, 0.25) is 0 Å². The van der Waals surface area contributed by atoms with E-state index in [1.54, 1.807) is 16.7 Å². The van der Waals surface area contributed by atoms with Crippen molar-refractivity contribution in [3.8, 4) is 11.1 Å². The molecule has 0 radical (unpaired) electrons. The zero-order valence-electron chi connectivity index (χ0n) is 9.21. The van der Waals surface area contributed by atoms with Crippen LogP contribution in [0, 0.1) is 0 Å². The molecular formula is C15H11NO. The van der Waals surface area contributed by atoms with E-state index < -0.39 is 0 Å². The lowest BCUT2D eigenvalue weighted by Crippen LogP contribution is -2.11. The summed E-state index contributed by atoms with van der Waals surface area (Å²) in [6.07, 6.45) is 1.78. The Kier molecular flexibility index (Phi) is 2.26. The van der Waals surface area contributed by atoms with Gasteiger partial charge in [-0.1, -0.05) is 36.4 Å². The lowest BCUT2D eigenvalue weighted by molar-refractivity contribution is 1.10. The Morgan fingerprint density at radius 3 is 2.35 bits per heavy atom. The molecule has 1 aromatic carbocycles. The summed E-state index contributed by atoms with van der Waals surface area (Å²) in [6, 6.07) is 19.4. The van der Waals surface area contributed by atoms with Crippen LogP contribution in [0.2, 0.25) is 0 Å². The summed E-state index contributed by atoms with van der Waals surface area (Å²) in [5.74, 6) is 0. The Morgan fingerprint density at radius 1 is 0.765 bits per heavy atom. The fourth-order valence-electron chi connectivity index (χ4n) is 1.98. The van der Waals surface area contributed by atoms with Crippen LogP contribution in [0.4, 0.5) is 0 Å². The van der Waals surface area contributed by atoms with Gasteiger partial charge in [0, 0.05) is 17.8 Å². The molecular weight excluding hydrogens is 210 g/mol. The fourth-order valence-corrected chi connectivity index (χ4v) is 1.98. The molecule has 0 spiro atoms. The third-order valence-corrected chi connectivity index (χ3v) is 2.82. The van der Waals surface area contributed by atoms with Crippen LogP contribution in [0.25, 0.3) is 16.6 Å². The summed E-state index contributed by atoms with van der Waals surface area (Å²) in [4.78, 5) is 11.9. The zero-order valence-corrected chi connectivity index (χ0v) is 9.21. The molecule has 0 bridgehead atoms. The molecule has 3 rings (SSSR count). The Hall–Kier alpha value is -2.35. The van der Waals surface area contributed by atoms with Gasteiger partial charge in [-0.3, -0.25) is 9.20 Å². The molecule has 0 saturated carbocycles. The molecule has 2 heteroatoms. The molecule has 0 amide bonds. The van der Waals surface area contributed by atoms with E-state index in [0.29, 0.717) is 0 Å². The Labute approximate surface area is 98.8 Å². The lowest BCUT2D eigenvalue weighted by atomic mass is 10.1. The first kappa shape index (κ1) is 9.85. The van der Waals surface area contributed by atoms with Crippen LogP contribution in [-0.4, -0.2) is 4.40 Å². The highest BCUT2D eigenvalue weighted by Crippen LogP contribution is 2.18. The van der Waals surface area contributed by atoms with Gasteiger partial charge in [0.25, 0.3) is 5.56 Å². The smallest absolute Gasteiger partial charge is 0.255 e. The fraction of sp³-hybridized carbons (Fsp3) is 0. The average Bonchev–Trinajstić information content (AvgIpc) is 2.40. The van der Waals surface area contributed by atoms with Crippen molar-refractivity contribution in [3.63, 3.8) is 0 Å². The number of hydrogen-bond acceptors (Lipinski definition) is 1. The van der Waals surface area contributed by atoms with E-state index in [9.17, 15) is 4.79 Å². The summed E-state index contributed by atoms with van der Waals surface area (Å²) in [7, 11) is 0. The van der Waals surface area contributed by atoms with Gasteiger partial charge in [-0.15, -0.1) is 0 Å². The molecule has 2 aromatic heterocycles. The summed E-state index contributed by atoms with van der Waals surface area (Å²) >= 11 is 0. The first-order valence-corrected chi connectivity index (χ1v) is 5.51. The van der Waals surface area contributed by atoms with Crippen LogP contribution in [0.1, 0.15) is 0 Å². The number of fused-ring (bicyclic) bond motifs is 1. The van der Waals surface area contributed by atoms with E-state index in [0.717, 1.165) is 16.6 Å². The predicted octanol–water partition coefficient (Wildman–Crippen LogP) is 2.97. The van der Waals surface area contributed by atoms with Crippen molar-refractivity contribution in [2.45, 2.75) is 0 Å². The van der Waals surface area contributed by atoms with E-state index in [1.165, 1.54) is 0 Å². The summed E-state index contributed by atoms with van der Waals surface area (Å²) in [5.41, 5.74) is 2.94. The molecule has 0 N–H and O–H groups in total. The number of benzene rings is 1. The third-order valence-electron chi connectivity index (χ3n) is 2.82. The number of hydrogen-bond donors (Lipinski definition) is 0. The van der Waals surface area contributed by atoms with Crippen molar-refractivity contribution in [3.05, 3.63) is 77.2 Å². The van der Waals surface area contributed by atoms with Crippen molar-refractivity contribution < 1.29 is 0 Å². The van der Waals surface area contributed by atoms with E-state index in [-0.39, 0.29) is 5.56 Å². The highest BCUT2D eigenvalue weighted by Gasteiger charge is 2.01. The second-order valence-electron chi connectivity index (χ2n) is 3.94. The van der Waals surface area contributed by atoms with E-state index in [1.807, 2.05) is 54.6 Å². The molecule has 2 heterocycles. The average molecular weight is 221 g/mol. The Bertz CT molecular complexity index is 714. The van der Waals surface area contributed by atoms with E-state index >= 15 is 0 Å². The highest BCUT2D eigenvalue weighted by molar-refractivity contribution is 5.68. The maximum atomic E-state index is 11.9. The maximum Gasteiger partial charge on any atom is 0.255 e. The van der Waals surface area contributed by atoms with Crippen LogP contribution in [0.5, 0.6) is 0 Å². The van der Waals surface area contributed by atoms with Crippen molar-refractivity contribution in [2.75, 3.05) is 0 Å². The van der Waals surface area contributed by atoms with Gasteiger partial charge in [0.05, 0.1) is 0 Å². The summed E-state index contributed by atoms with van der Waals surface area (Å²) in [5, 5.41) is 0. The normalized spacial score (nSPS) is 10.6. The molecule has 3 aromatic rings. The van der Waals surface area contributed by atoms with Crippen LogP contribution in [0.15, 0.2) is 71.7 Å². The van der Waals surface area contributed by atoms with Gasteiger partial charge < -0.3 is 0 Å². The van der Waals surface area contributed by atoms with Crippen LogP contribution >= 0.6 is 0 Å². The number of pyridine rings is 2. The van der Waals surface area contributed by atoms with E-state index in [4.69, 9.17) is 0 Å². The largest absolute Gasteiger partial charge is 0.284 e. The summed E-state index contributed by atoms with van der Waals surface area (Å²) < 4.78 is 1.65. The van der Waals surface area contributed by atoms with Crippen molar-refractivity contribution >= 4 is 5.52 Å². The number of nitrogens with zero attached hydrogens (tertiary/aromatic N) is 1. The minimum Gasteiger partial charge on any atom is -0.284 e. The third kappa shape index (κ3) is 1.74. The van der Waals surface area contributed by atoms with Gasteiger partial charge in [0.1, 0.15) is 0 Å². The quantitative estimate of drug-likeness (QED) is 0.619. The molecule has 82 valence electrons. The predicted molar refractivity (Wildman–Crippen MR) is 69.1 cm³/mol. The molecule has 0 aliphatic carbocycles.